The monoisotopic (exact) mass is 198 g/mol. The first kappa shape index (κ1) is 18.5. The van der Waals surface area contributed by atoms with Crippen LogP contribution in [0, 0.1) is 0 Å². The van der Waals surface area contributed by atoms with Crippen LogP contribution in [-0.2, 0) is 9.53 Å². The molecule has 0 bridgehead atoms. The van der Waals surface area contributed by atoms with Crippen molar-refractivity contribution in [3.63, 3.8) is 0 Å². The fraction of sp³-hybridized carbons (Fsp3) is 0.625. The number of hydrogen-bond acceptors (Lipinski definition) is 4. The van der Waals surface area contributed by atoms with Gasteiger partial charge in [-0.05, 0) is 6.92 Å². The average Bonchev–Trinajstić information content (AvgIpc) is 1.87. The molecular weight excluding hydrogens is 184 g/mol. The maximum Gasteiger partial charge on any atom is 2.00 e. The number of allylic oxidation sites excluding steroid dienone is 1. The number of carbonyl (C=O) groups excluding carboxylic acids is 1. The largest absolute Gasteiger partial charge is 2.00 e. The van der Waals surface area contributed by atoms with Crippen molar-refractivity contribution in [2.24, 2.45) is 0 Å². The zero-order chi connectivity index (χ0) is 9.98. The van der Waals surface area contributed by atoms with Gasteiger partial charge < -0.3 is 14.9 Å². The van der Waals surface area contributed by atoms with Crippen LogP contribution >= 0.6 is 0 Å². The number of ether oxygens (including phenoxy) is 1. The molecule has 0 N–H and O–H groups in total. The van der Waals surface area contributed by atoms with Gasteiger partial charge in [0.1, 0.15) is 0 Å². The van der Waals surface area contributed by atoms with Crippen LogP contribution < -0.4 is 10.2 Å². The molecule has 72 valence electrons. The van der Waals surface area contributed by atoms with E-state index < -0.39 is 5.97 Å². The van der Waals surface area contributed by atoms with Gasteiger partial charge in [-0.1, -0.05) is 13.8 Å². The topological polar surface area (TPSA) is 72.4 Å². The summed E-state index contributed by atoms with van der Waals surface area (Å²) in [6.45, 7) is 4.87. The van der Waals surface area contributed by atoms with E-state index in [1.165, 1.54) is 6.92 Å². The predicted molar refractivity (Wildman–Crippen MR) is 46.7 cm³/mol. The van der Waals surface area contributed by atoms with Gasteiger partial charge in [-0.15, -0.1) is 12.4 Å². The van der Waals surface area contributed by atoms with Gasteiger partial charge in [-0.2, -0.15) is 0 Å². The van der Waals surface area contributed by atoms with Crippen LogP contribution in [0.15, 0.2) is 11.8 Å². The van der Waals surface area contributed by atoms with Crippen molar-refractivity contribution in [1.82, 2.24) is 0 Å². The van der Waals surface area contributed by atoms with Gasteiger partial charge in [-0.3, -0.25) is 0 Å². The van der Waals surface area contributed by atoms with Gasteiger partial charge in [0.25, 0.3) is 0 Å². The molecule has 0 saturated carbocycles. The minimum Gasteiger partial charge on any atom is -0.875 e. The molecule has 13 heavy (non-hydrogen) atoms. The second-order valence-corrected chi connectivity index (χ2v) is 1.80. The van der Waals surface area contributed by atoms with E-state index in [4.69, 9.17) is 5.11 Å². The molecule has 0 aromatic rings. The molecule has 0 fully saturated rings. The molecular formula is C8H14MgO4. The maximum absolute atomic E-state index is 10.4. The molecule has 0 aliphatic heterocycles. The molecule has 0 spiro atoms. The molecule has 5 heteroatoms. The Morgan fingerprint density at radius 1 is 1.46 bits per heavy atom. The van der Waals surface area contributed by atoms with Crippen LogP contribution in [-0.4, -0.2) is 42.2 Å². The third-order valence-electron chi connectivity index (χ3n) is 0.608. The minimum absolute atomic E-state index is 0. The Hall–Kier alpha value is -0.264. The van der Waals surface area contributed by atoms with Crippen molar-refractivity contribution in [1.29, 1.82) is 0 Å². The standard InChI is InChI=1S/C6H10O3.C2H5O.Mg/c1-3-9-6(8)4-5(2)7;1-2-3;/h4,7H,3H2,1-2H3;2H2,1H3;/q;-1;+2/p-1/b5-4-;;. The molecule has 0 aromatic carbocycles. The first-order valence-corrected chi connectivity index (χ1v) is 3.68. The third-order valence-corrected chi connectivity index (χ3v) is 0.608. The van der Waals surface area contributed by atoms with E-state index in [0.29, 0.717) is 6.61 Å². The summed E-state index contributed by atoms with van der Waals surface area (Å²) < 4.78 is 4.44. The van der Waals surface area contributed by atoms with Gasteiger partial charge in [-0.25, -0.2) is 4.79 Å². The molecule has 0 heterocycles. The van der Waals surface area contributed by atoms with Crippen LogP contribution in [0.25, 0.3) is 0 Å². The Balaban J connectivity index is -0.000000220. The summed E-state index contributed by atoms with van der Waals surface area (Å²) in [6, 6.07) is 0. The molecule has 4 nitrogen and oxygen atoms in total. The van der Waals surface area contributed by atoms with E-state index in [9.17, 15) is 9.90 Å². The zero-order valence-electron chi connectivity index (χ0n) is 8.33. The first-order valence-electron chi connectivity index (χ1n) is 3.68. The molecule has 0 atom stereocenters. The summed E-state index contributed by atoms with van der Waals surface area (Å²) in [5.74, 6) is -0.849. The molecule has 0 amide bonds. The normalized spacial score (nSPS) is 9.08. The average molecular weight is 199 g/mol. The molecule has 0 radical (unpaired) electrons. The summed E-state index contributed by atoms with van der Waals surface area (Å²) in [4.78, 5) is 10.4. The van der Waals surface area contributed by atoms with Gasteiger partial charge in [0, 0.05) is 6.08 Å². The van der Waals surface area contributed by atoms with E-state index in [0.717, 1.165) is 6.08 Å². The van der Waals surface area contributed by atoms with E-state index in [1.807, 2.05) is 0 Å². The zero-order valence-corrected chi connectivity index (χ0v) is 9.75. The summed E-state index contributed by atoms with van der Waals surface area (Å²) >= 11 is 0. The van der Waals surface area contributed by atoms with Crippen LogP contribution in [0.2, 0.25) is 0 Å². The van der Waals surface area contributed by atoms with Crippen LogP contribution in [0.4, 0.5) is 0 Å². The molecule has 0 unspecified atom stereocenters. The summed E-state index contributed by atoms with van der Waals surface area (Å²) in [5.41, 5.74) is 0. The maximum atomic E-state index is 10.4. The van der Waals surface area contributed by atoms with Gasteiger partial charge >= 0.3 is 29.0 Å². The Kier molecular flexibility index (Phi) is 20.3. The van der Waals surface area contributed by atoms with Crippen molar-refractivity contribution in [2.45, 2.75) is 20.8 Å². The van der Waals surface area contributed by atoms with Gasteiger partial charge in [0.15, 0.2) is 0 Å². The molecule has 0 rings (SSSR count). The Morgan fingerprint density at radius 2 is 1.85 bits per heavy atom. The molecule has 0 aromatic heterocycles. The predicted octanol–water partition coefficient (Wildman–Crippen LogP) is -1.20. The Labute approximate surface area is 94.7 Å². The molecule has 0 saturated heterocycles. The fourth-order valence-corrected chi connectivity index (χ4v) is 0.350. The summed E-state index contributed by atoms with van der Waals surface area (Å²) in [6.07, 6.45) is 0.920. The van der Waals surface area contributed by atoms with Gasteiger partial charge in [0.05, 0.1) is 6.61 Å². The van der Waals surface area contributed by atoms with Gasteiger partial charge in [0.2, 0.25) is 0 Å². The Morgan fingerprint density at radius 3 is 2.08 bits per heavy atom. The second-order valence-electron chi connectivity index (χ2n) is 1.80. The van der Waals surface area contributed by atoms with Crippen LogP contribution in [0.1, 0.15) is 20.8 Å². The van der Waals surface area contributed by atoms with Crippen molar-refractivity contribution in [3.8, 4) is 0 Å². The first-order chi connectivity index (χ1) is 5.58. The van der Waals surface area contributed by atoms with Crippen LogP contribution in [0.5, 0.6) is 0 Å². The molecule has 0 aliphatic rings. The Bertz CT molecular complexity index is 141. The number of esters is 1. The number of rotatable bonds is 2. The second kappa shape index (κ2) is 14.3. The van der Waals surface area contributed by atoms with E-state index >= 15 is 0 Å². The smallest absolute Gasteiger partial charge is 0.875 e. The number of hydrogen-bond donors (Lipinski definition) is 0. The van der Waals surface area contributed by atoms with Crippen molar-refractivity contribution in [3.05, 3.63) is 11.8 Å². The SMILES string of the molecule is CCOC(=O)/C=C(/C)[O-].CC[O-].[Mg+2]. The molecule has 0 aliphatic carbocycles. The van der Waals surface area contributed by atoms with Crippen LogP contribution in [0.3, 0.4) is 0 Å². The van der Waals surface area contributed by atoms with E-state index in [2.05, 4.69) is 4.74 Å². The van der Waals surface area contributed by atoms with Crippen molar-refractivity contribution in [2.75, 3.05) is 13.2 Å². The third kappa shape index (κ3) is 24.5. The van der Waals surface area contributed by atoms with E-state index in [-0.39, 0.29) is 35.4 Å². The van der Waals surface area contributed by atoms with Crippen molar-refractivity contribution >= 4 is 29.0 Å². The van der Waals surface area contributed by atoms with Crippen molar-refractivity contribution < 1.29 is 19.7 Å². The fourth-order valence-electron chi connectivity index (χ4n) is 0.350. The number of carbonyl (C=O) groups is 1. The summed E-state index contributed by atoms with van der Waals surface area (Å²) in [7, 11) is 0. The quantitative estimate of drug-likeness (QED) is 0.242. The minimum atomic E-state index is -0.565. The van der Waals surface area contributed by atoms with E-state index in [1.54, 1.807) is 13.8 Å². The summed E-state index contributed by atoms with van der Waals surface area (Å²) in [5, 5.41) is 19.1.